The molecule has 2 rings (SSSR count). The molecule has 0 radical (unpaired) electrons. The first-order valence-corrected chi connectivity index (χ1v) is 5.77. The minimum absolute atomic E-state index is 0.0206. The molecule has 4 nitrogen and oxygen atoms in total. The van der Waals surface area contributed by atoms with Crippen LogP contribution in [-0.2, 0) is 9.31 Å². The number of carbonyl (C=O) groups excluding carboxylic acids is 1. The van der Waals surface area contributed by atoms with Gasteiger partial charge in [-0.25, -0.2) is 0 Å². The van der Waals surface area contributed by atoms with E-state index in [4.69, 9.17) is 9.31 Å². The van der Waals surface area contributed by atoms with Gasteiger partial charge < -0.3 is 9.31 Å². The largest absolute Gasteiger partial charge is 0.496 e. The number of aromatic nitrogens is 1. The highest BCUT2D eigenvalue weighted by Gasteiger charge is 2.51. The molecule has 0 aromatic carbocycles. The molecule has 1 aromatic heterocycles. The van der Waals surface area contributed by atoms with Crippen molar-refractivity contribution in [1.82, 2.24) is 4.57 Å². The van der Waals surface area contributed by atoms with Crippen molar-refractivity contribution in [2.45, 2.75) is 45.8 Å². The summed E-state index contributed by atoms with van der Waals surface area (Å²) < 4.78 is 13.3. The van der Waals surface area contributed by atoms with Crippen LogP contribution < -0.4 is 5.46 Å². The van der Waals surface area contributed by atoms with Gasteiger partial charge in [0.1, 0.15) is 0 Å². The van der Waals surface area contributed by atoms with E-state index >= 15 is 0 Å². The Morgan fingerprint density at radius 3 is 2.18 bits per heavy atom. The molecule has 17 heavy (non-hydrogen) atoms. The second-order valence-electron chi connectivity index (χ2n) is 5.46. The Labute approximate surface area is 102 Å². The second-order valence-corrected chi connectivity index (χ2v) is 5.46. The fraction of sp³-hybridized carbons (Fsp3) is 0.583. The van der Waals surface area contributed by atoms with Crippen molar-refractivity contribution in [3.8, 4) is 0 Å². The molecule has 5 heteroatoms. The zero-order valence-corrected chi connectivity index (χ0v) is 11.0. The van der Waals surface area contributed by atoms with Crippen LogP contribution in [0.5, 0.6) is 0 Å². The molecule has 1 aliphatic rings. The predicted molar refractivity (Wildman–Crippen MR) is 66.4 cm³/mol. The van der Waals surface area contributed by atoms with E-state index in [1.807, 2.05) is 33.8 Å². The first-order chi connectivity index (χ1) is 7.73. The molecular weight excluding hydrogens is 217 g/mol. The third kappa shape index (κ3) is 2.05. The van der Waals surface area contributed by atoms with Crippen LogP contribution in [0.2, 0.25) is 0 Å². The molecule has 1 aliphatic heterocycles. The van der Waals surface area contributed by atoms with Gasteiger partial charge in [-0.3, -0.25) is 9.36 Å². The molecule has 0 atom stereocenters. The number of hydrogen-bond donors (Lipinski definition) is 0. The van der Waals surface area contributed by atoms with Gasteiger partial charge in [-0.2, -0.15) is 0 Å². The summed E-state index contributed by atoms with van der Waals surface area (Å²) in [6, 6.07) is 1.85. The molecule has 0 aliphatic carbocycles. The van der Waals surface area contributed by atoms with Gasteiger partial charge in [0.2, 0.25) is 5.91 Å². The Morgan fingerprint density at radius 2 is 1.76 bits per heavy atom. The molecule has 0 bridgehead atoms. The lowest BCUT2D eigenvalue weighted by molar-refractivity contribution is 0.00578. The Bertz CT molecular complexity index is 434. The van der Waals surface area contributed by atoms with Gasteiger partial charge in [0.05, 0.1) is 11.2 Å². The fourth-order valence-corrected chi connectivity index (χ4v) is 1.73. The first kappa shape index (κ1) is 12.4. The van der Waals surface area contributed by atoms with Crippen molar-refractivity contribution in [3.05, 3.63) is 18.5 Å². The van der Waals surface area contributed by atoms with E-state index in [2.05, 4.69) is 0 Å². The smallest absolute Gasteiger partial charge is 0.399 e. The van der Waals surface area contributed by atoms with E-state index < -0.39 is 7.12 Å². The zero-order chi connectivity index (χ0) is 12.8. The maximum absolute atomic E-state index is 11.2. The zero-order valence-electron chi connectivity index (χ0n) is 11.0. The number of nitrogens with zero attached hydrogens (tertiary/aromatic N) is 1. The van der Waals surface area contributed by atoms with Crippen molar-refractivity contribution >= 4 is 18.5 Å². The van der Waals surface area contributed by atoms with Crippen LogP contribution in [0, 0.1) is 0 Å². The normalized spacial score (nSPS) is 21.8. The number of carbonyl (C=O) groups is 1. The summed E-state index contributed by atoms with van der Waals surface area (Å²) in [6.45, 7) is 9.56. The SMILES string of the molecule is CC(=O)n1ccc(B2OC(C)(C)C(C)(C)O2)c1. The standard InChI is InChI=1S/C12H18BNO3/c1-9(15)14-7-6-10(8-14)13-16-11(2,3)12(4,5)17-13/h6-8H,1-5H3. The minimum Gasteiger partial charge on any atom is -0.399 e. The van der Waals surface area contributed by atoms with Crippen molar-refractivity contribution in [3.63, 3.8) is 0 Å². The summed E-state index contributed by atoms with van der Waals surface area (Å²) in [6.07, 6.45) is 3.48. The van der Waals surface area contributed by atoms with Gasteiger partial charge >= 0.3 is 7.12 Å². The Morgan fingerprint density at radius 1 is 1.24 bits per heavy atom. The van der Waals surface area contributed by atoms with Crippen molar-refractivity contribution in [1.29, 1.82) is 0 Å². The van der Waals surface area contributed by atoms with Crippen molar-refractivity contribution in [2.24, 2.45) is 0 Å². The topological polar surface area (TPSA) is 40.5 Å². The van der Waals surface area contributed by atoms with Crippen LogP contribution in [0.4, 0.5) is 0 Å². The number of rotatable bonds is 1. The third-order valence-corrected chi connectivity index (χ3v) is 3.60. The quantitative estimate of drug-likeness (QED) is 0.691. The van der Waals surface area contributed by atoms with E-state index in [1.54, 1.807) is 12.4 Å². The lowest BCUT2D eigenvalue weighted by Crippen LogP contribution is -2.41. The summed E-state index contributed by atoms with van der Waals surface area (Å²) in [5.74, 6) is -0.0206. The van der Waals surface area contributed by atoms with Gasteiger partial charge in [-0.1, -0.05) is 0 Å². The molecule has 2 heterocycles. The molecule has 0 amide bonds. The van der Waals surface area contributed by atoms with E-state index in [9.17, 15) is 4.79 Å². The summed E-state index contributed by atoms with van der Waals surface area (Å²) >= 11 is 0. The Kier molecular flexibility index (Phi) is 2.71. The second kappa shape index (κ2) is 3.72. The molecule has 0 spiro atoms. The Hall–Kier alpha value is -1.07. The molecule has 92 valence electrons. The average molecular weight is 235 g/mol. The maximum Gasteiger partial charge on any atom is 0.496 e. The molecule has 1 aromatic rings. The molecular formula is C12H18BNO3. The summed E-state index contributed by atoms with van der Waals surface area (Å²) in [7, 11) is -0.402. The van der Waals surface area contributed by atoms with E-state index in [1.165, 1.54) is 11.5 Å². The molecule has 1 saturated heterocycles. The van der Waals surface area contributed by atoms with Gasteiger partial charge in [0.15, 0.2) is 0 Å². The Balaban J connectivity index is 2.23. The van der Waals surface area contributed by atoms with Crippen LogP contribution in [0.25, 0.3) is 0 Å². The highest BCUT2D eigenvalue weighted by molar-refractivity contribution is 6.62. The predicted octanol–water partition coefficient (Wildman–Crippen LogP) is 1.45. The highest BCUT2D eigenvalue weighted by Crippen LogP contribution is 2.36. The minimum atomic E-state index is -0.402. The highest BCUT2D eigenvalue weighted by atomic mass is 16.7. The summed E-state index contributed by atoms with van der Waals surface area (Å²) in [5, 5.41) is 0. The van der Waals surface area contributed by atoms with Crippen molar-refractivity contribution < 1.29 is 14.1 Å². The lowest BCUT2D eigenvalue weighted by Gasteiger charge is -2.32. The van der Waals surface area contributed by atoms with Crippen molar-refractivity contribution in [2.75, 3.05) is 0 Å². The summed E-state index contributed by atoms with van der Waals surface area (Å²) in [5.41, 5.74) is 0.172. The fourth-order valence-electron chi connectivity index (χ4n) is 1.73. The van der Waals surface area contributed by atoms with Gasteiger partial charge in [0, 0.05) is 24.8 Å². The van der Waals surface area contributed by atoms with Gasteiger partial charge in [-0.15, -0.1) is 0 Å². The molecule has 0 saturated carbocycles. The van der Waals surface area contributed by atoms with E-state index in [0.29, 0.717) is 0 Å². The lowest BCUT2D eigenvalue weighted by atomic mass is 9.81. The van der Waals surface area contributed by atoms with Crippen LogP contribution in [-0.4, -0.2) is 28.8 Å². The monoisotopic (exact) mass is 235 g/mol. The molecule has 0 unspecified atom stereocenters. The van der Waals surface area contributed by atoms with Crippen LogP contribution in [0.3, 0.4) is 0 Å². The third-order valence-electron chi connectivity index (χ3n) is 3.60. The first-order valence-electron chi connectivity index (χ1n) is 5.77. The van der Waals surface area contributed by atoms with Crippen LogP contribution in [0.15, 0.2) is 18.5 Å². The van der Waals surface area contributed by atoms with Gasteiger partial charge in [0.25, 0.3) is 0 Å². The van der Waals surface area contributed by atoms with Gasteiger partial charge in [-0.05, 0) is 33.8 Å². The number of hydrogen-bond acceptors (Lipinski definition) is 3. The average Bonchev–Trinajstić information content (AvgIpc) is 2.70. The van der Waals surface area contributed by atoms with E-state index in [0.717, 1.165) is 5.46 Å². The molecule has 0 N–H and O–H groups in total. The van der Waals surface area contributed by atoms with Crippen LogP contribution >= 0.6 is 0 Å². The van der Waals surface area contributed by atoms with Crippen LogP contribution in [0.1, 0.15) is 39.4 Å². The van der Waals surface area contributed by atoms with E-state index in [-0.39, 0.29) is 17.1 Å². The molecule has 1 fully saturated rings. The summed E-state index contributed by atoms with van der Waals surface area (Å²) in [4.78, 5) is 11.2. The maximum atomic E-state index is 11.2.